The Bertz CT molecular complexity index is 484. The van der Waals surface area contributed by atoms with Crippen molar-refractivity contribution in [2.75, 3.05) is 0 Å². The Balaban J connectivity index is 1.60. The van der Waals surface area contributed by atoms with E-state index in [-0.39, 0.29) is 0 Å². The second-order valence-corrected chi connectivity index (χ2v) is 6.77. The van der Waals surface area contributed by atoms with Crippen LogP contribution >= 0.6 is 0 Å². The molecule has 1 heterocycles. The lowest BCUT2D eigenvalue weighted by Crippen LogP contribution is -2.07. The second-order valence-electron chi connectivity index (χ2n) is 6.77. The molecule has 0 saturated heterocycles. The highest BCUT2D eigenvalue weighted by atomic mass is 16.4. The van der Waals surface area contributed by atoms with Crippen LogP contribution in [0.3, 0.4) is 0 Å². The Kier molecular flexibility index (Phi) is 6.88. The molecule has 22 heavy (non-hydrogen) atoms. The van der Waals surface area contributed by atoms with E-state index in [2.05, 4.69) is 12.1 Å². The van der Waals surface area contributed by atoms with Crippen LogP contribution in [0.4, 0.5) is 0 Å². The van der Waals surface area contributed by atoms with E-state index in [9.17, 15) is 4.79 Å². The molecule has 0 aromatic carbocycles. The fourth-order valence-corrected chi connectivity index (χ4v) is 3.32. The van der Waals surface area contributed by atoms with Crippen molar-refractivity contribution in [3.05, 3.63) is 29.1 Å². The smallest absolute Gasteiger partial charge is 0.303 e. The molecule has 0 aliphatic heterocycles. The molecule has 1 atom stereocenters. The third kappa shape index (κ3) is 5.78. The van der Waals surface area contributed by atoms with Crippen LogP contribution in [0.1, 0.15) is 75.2 Å². The van der Waals surface area contributed by atoms with Crippen LogP contribution in [-0.2, 0) is 24.1 Å². The van der Waals surface area contributed by atoms with Gasteiger partial charge in [-0.1, -0.05) is 38.7 Å². The monoisotopic (exact) mass is 303 g/mol. The third-order valence-corrected chi connectivity index (χ3v) is 4.64. The number of carboxylic acids is 1. The van der Waals surface area contributed by atoms with Crippen LogP contribution in [0.25, 0.3) is 0 Å². The number of fused-ring (bicyclic) bond motifs is 1. The van der Waals surface area contributed by atoms with Gasteiger partial charge in [0.25, 0.3) is 0 Å². The lowest BCUT2D eigenvalue weighted by Gasteiger charge is -2.15. The van der Waals surface area contributed by atoms with E-state index in [1.165, 1.54) is 55.5 Å². The molecule has 0 bridgehead atoms. The molecule has 1 aliphatic carbocycles. The lowest BCUT2D eigenvalue weighted by atomic mass is 9.95. The van der Waals surface area contributed by atoms with Gasteiger partial charge in [0.2, 0.25) is 0 Å². The van der Waals surface area contributed by atoms with E-state index in [0.29, 0.717) is 12.3 Å². The number of unbranched alkanes of at least 4 members (excludes halogenated alkanes) is 3. The first-order chi connectivity index (χ1) is 10.6. The number of carboxylic acid groups (broad SMARTS) is 1. The standard InChI is InChI=1S/C19H29NO2/c1-15(14-19(21)22)8-4-2-3-5-10-17-13-12-16-9-6-7-11-18(16)20-17/h12-13,15H,2-11,14H2,1H3,(H,21,22). The largest absolute Gasteiger partial charge is 0.481 e. The number of aromatic nitrogens is 1. The van der Waals surface area contributed by atoms with Crippen LogP contribution in [0.15, 0.2) is 12.1 Å². The van der Waals surface area contributed by atoms with E-state index in [4.69, 9.17) is 10.1 Å². The van der Waals surface area contributed by atoms with Gasteiger partial charge in [-0.05, 0) is 56.1 Å². The molecule has 1 aromatic rings. The molecule has 0 spiro atoms. The van der Waals surface area contributed by atoms with Crippen molar-refractivity contribution in [3.8, 4) is 0 Å². The summed E-state index contributed by atoms with van der Waals surface area (Å²) >= 11 is 0. The van der Waals surface area contributed by atoms with Gasteiger partial charge in [0.05, 0.1) is 0 Å². The fraction of sp³-hybridized carbons (Fsp3) is 0.684. The Labute approximate surface area is 134 Å². The molecule has 1 aromatic heterocycles. The number of hydrogen-bond donors (Lipinski definition) is 1. The normalized spacial score (nSPS) is 15.3. The molecular formula is C19H29NO2. The van der Waals surface area contributed by atoms with Gasteiger partial charge in [-0.15, -0.1) is 0 Å². The van der Waals surface area contributed by atoms with E-state index in [1.54, 1.807) is 0 Å². The Morgan fingerprint density at radius 2 is 1.95 bits per heavy atom. The van der Waals surface area contributed by atoms with Crippen LogP contribution < -0.4 is 0 Å². The fourth-order valence-electron chi connectivity index (χ4n) is 3.32. The zero-order valence-electron chi connectivity index (χ0n) is 13.8. The SMILES string of the molecule is CC(CCCCCCc1ccc2c(n1)CCCC2)CC(=O)O. The summed E-state index contributed by atoms with van der Waals surface area (Å²) in [6.07, 6.45) is 12.1. The Morgan fingerprint density at radius 1 is 1.18 bits per heavy atom. The molecule has 0 amide bonds. The first kappa shape index (κ1) is 17.0. The summed E-state index contributed by atoms with van der Waals surface area (Å²) in [5.74, 6) is -0.370. The van der Waals surface area contributed by atoms with Gasteiger partial charge in [0.15, 0.2) is 0 Å². The van der Waals surface area contributed by atoms with Gasteiger partial charge in [-0.2, -0.15) is 0 Å². The predicted molar refractivity (Wildman–Crippen MR) is 89.1 cm³/mol. The van der Waals surface area contributed by atoms with Gasteiger partial charge < -0.3 is 5.11 Å². The van der Waals surface area contributed by atoms with Crippen LogP contribution in [0.5, 0.6) is 0 Å². The molecule has 122 valence electrons. The number of carbonyl (C=O) groups is 1. The molecule has 3 heteroatoms. The Hall–Kier alpha value is -1.38. The average molecular weight is 303 g/mol. The van der Waals surface area contributed by atoms with Crippen LogP contribution in [0, 0.1) is 5.92 Å². The summed E-state index contributed by atoms with van der Waals surface area (Å²) < 4.78 is 0. The van der Waals surface area contributed by atoms with Gasteiger partial charge in [0.1, 0.15) is 0 Å². The number of aliphatic carboxylic acids is 1. The quantitative estimate of drug-likeness (QED) is 0.680. The van der Waals surface area contributed by atoms with Crippen LogP contribution in [0.2, 0.25) is 0 Å². The zero-order chi connectivity index (χ0) is 15.8. The highest BCUT2D eigenvalue weighted by molar-refractivity contribution is 5.66. The summed E-state index contributed by atoms with van der Waals surface area (Å²) in [4.78, 5) is 15.4. The van der Waals surface area contributed by atoms with Gasteiger partial charge in [0, 0.05) is 17.8 Å². The topological polar surface area (TPSA) is 50.2 Å². The molecule has 1 aliphatic rings. The number of hydrogen-bond acceptors (Lipinski definition) is 2. The summed E-state index contributed by atoms with van der Waals surface area (Å²) in [6.45, 7) is 2.03. The van der Waals surface area contributed by atoms with Crippen molar-refractivity contribution in [2.24, 2.45) is 5.92 Å². The summed E-state index contributed by atoms with van der Waals surface area (Å²) in [6, 6.07) is 4.49. The Morgan fingerprint density at radius 3 is 2.77 bits per heavy atom. The number of rotatable bonds is 9. The van der Waals surface area contributed by atoms with Crippen molar-refractivity contribution < 1.29 is 9.90 Å². The van der Waals surface area contributed by atoms with E-state index >= 15 is 0 Å². The molecule has 2 rings (SSSR count). The maximum atomic E-state index is 10.6. The predicted octanol–water partition coefficient (Wildman–Crippen LogP) is 4.56. The molecule has 0 fully saturated rings. The first-order valence-electron chi connectivity index (χ1n) is 8.84. The van der Waals surface area contributed by atoms with E-state index < -0.39 is 5.97 Å². The lowest BCUT2D eigenvalue weighted by molar-refractivity contribution is -0.138. The molecule has 1 unspecified atom stereocenters. The molecule has 0 saturated carbocycles. The zero-order valence-corrected chi connectivity index (χ0v) is 13.8. The van der Waals surface area contributed by atoms with Gasteiger partial charge in [-0.3, -0.25) is 9.78 Å². The minimum atomic E-state index is -0.675. The highest BCUT2D eigenvalue weighted by Gasteiger charge is 2.11. The molecule has 0 radical (unpaired) electrons. The van der Waals surface area contributed by atoms with Crippen molar-refractivity contribution >= 4 is 5.97 Å². The number of pyridine rings is 1. The highest BCUT2D eigenvalue weighted by Crippen LogP contribution is 2.20. The number of nitrogens with zero attached hydrogens (tertiary/aromatic N) is 1. The maximum absolute atomic E-state index is 10.6. The first-order valence-corrected chi connectivity index (χ1v) is 8.84. The minimum absolute atomic E-state index is 0.305. The summed E-state index contributed by atoms with van der Waals surface area (Å²) in [7, 11) is 0. The van der Waals surface area contributed by atoms with Crippen LogP contribution in [-0.4, -0.2) is 16.1 Å². The van der Waals surface area contributed by atoms with Gasteiger partial charge in [-0.25, -0.2) is 0 Å². The second kappa shape index (κ2) is 8.92. The summed E-state index contributed by atoms with van der Waals surface area (Å²) in [5.41, 5.74) is 4.05. The molecular weight excluding hydrogens is 274 g/mol. The number of aryl methyl sites for hydroxylation is 3. The van der Waals surface area contributed by atoms with E-state index in [0.717, 1.165) is 25.7 Å². The van der Waals surface area contributed by atoms with Crippen molar-refractivity contribution in [3.63, 3.8) is 0 Å². The van der Waals surface area contributed by atoms with Gasteiger partial charge >= 0.3 is 5.97 Å². The van der Waals surface area contributed by atoms with Crippen molar-refractivity contribution in [1.29, 1.82) is 0 Å². The third-order valence-electron chi connectivity index (χ3n) is 4.64. The maximum Gasteiger partial charge on any atom is 0.303 e. The van der Waals surface area contributed by atoms with Crippen molar-refractivity contribution in [2.45, 2.75) is 77.6 Å². The molecule has 1 N–H and O–H groups in total. The summed E-state index contributed by atoms with van der Waals surface area (Å²) in [5, 5.41) is 8.73. The molecule has 3 nitrogen and oxygen atoms in total. The minimum Gasteiger partial charge on any atom is -0.481 e. The van der Waals surface area contributed by atoms with Crippen molar-refractivity contribution in [1.82, 2.24) is 4.98 Å². The average Bonchev–Trinajstić information content (AvgIpc) is 2.50. The van der Waals surface area contributed by atoms with E-state index in [1.807, 2.05) is 6.92 Å².